The van der Waals surface area contributed by atoms with Crippen LogP contribution in [0.5, 0.6) is 0 Å². The van der Waals surface area contributed by atoms with E-state index in [1.807, 2.05) is 6.07 Å². The summed E-state index contributed by atoms with van der Waals surface area (Å²) >= 11 is 6.26. The monoisotopic (exact) mass is 483 g/mol. The number of pyridine rings is 2. The number of benzene rings is 1. The van der Waals surface area contributed by atoms with Crippen LogP contribution in [-0.2, 0) is 11.2 Å². The SMILES string of the molecule is CC(=O)N(CC(F)F)c1ccc(-c2ccc(C(=O)NCCc3ccc(C#N)nc3)cn2)cc1Cl. The zero-order valence-corrected chi connectivity index (χ0v) is 18.9. The Kier molecular flexibility index (Phi) is 8.22. The first-order valence-corrected chi connectivity index (χ1v) is 10.6. The standard InChI is InChI=1S/C24H20ClF2N5O2/c1-15(33)32(14-23(26)27)22-7-4-17(10-20(22)25)21-6-3-18(13-31-21)24(34)29-9-8-16-2-5-19(11-28)30-12-16/h2-7,10,12-13,23H,8-9,14H2,1H3,(H,29,34). The lowest BCUT2D eigenvalue weighted by Gasteiger charge is -2.22. The van der Waals surface area contributed by atoms with Crippen molar-refractivity contribution in [3.8, 4) is 17.3 Å². The number of amides is 2. The number of anilines is 1. The average Bonchev–Trinajstić information content (AvgIpc) is 2.83. The van der Waals surface area contributed by atoms with Crippen LogP contribution in [0.15, 0.2) is 54.9 Å². The molecular weight excluding hydrogens is 464 g/mol. The van der Waals surface area contributed by atoms with Crippen molar-refractivity contribution in [1.82, 2.24) is 15.3 Å². The lowest BCUT2D eigenvalue weighted by atomic mass is 10.1. The van der Waals surface area contributed by atoms with E-state index in [0.29, 0.717) is 35.5 Å². The number of nitrogens with one attached hydrogen (secondary N) is 1. The van der Waals surface area contributed by atoms with Gasteiger partial charge in [0.05, 0.1) is 28.5 Å². The van der Waals surface area contributed by atoms with Crippen molar-refractivity contribution in [2.24, 2.45) is 0 Å². The highest BCUT2D eigenvalue weighted by molar-refractivity contribution is 6.34. The molecule has 0 atom stereocenters. The van der Waals surface area contributed by atoms with E-state index in [9.17, 15) is 18.4 Å². The van der Waals surface area contributed by atoms with Crippen LogP contribution in [0.4, 0.5) is 14.5 Å². The average molecular weight is 484 g/mol. The summed E-state index contributed by atoms with van der Waals surface area (Å²) < 4.78 is 25.6. The van der Waals surface area contributed by atoms with Gasteiger partial charge in [0.15, 0.2) is 0 Å². The van der Waals surface area contributed by atoms with E-state index in [4.69, 9.17) is 16.9 Å². The molecule has 3 rings (SSSR count). The van der Waals surface area contributed by atoms with E-state index >= 15 is 0 Å². The quantitative estimate of drug-likeness (QED) is 0.516. The molecule has 2 aromatic heterocycles. The zero-order chi connectivity index (χ0) is 24.7. The van der Waals surface area contributed by atoms with Gasteiger partial charge in [-0.25, -0.2) is 13.8 Å². The number of nitrogens with zero attached hydrogens (tertiary/aromatic N) is 4. The lowest BCUT2D eigenvalue weighted by molar-refractivity contribution is -0.117. The normalized spacial score (nSPS) is 10.6. The minimum atomic E-state index is -2.69. The van der Waals surface area contributed by atoms with Crippen LogP contribution in [0.3, 0.4) is 0 Å². The second-order valence-corrected chi connectivity index (χ2v) is 7.70. The summed E-state index contributed by atoms with van der Waals surface area (Å²) in [6.45, 7) is 0.827. The minimum Gasteiger partial charge on any atom is -0.352 e. The summed E-state index contributed by atoms with van der Waals surface area (Å²) in [7, 11) is 0. The van der Waals surface area contributed by atoms with E-state index in [0.717, 1.165) is 10.5 Å². The first kappa shape index (κ1) is 24.7. The third-order valence-corrected chi connectivity index (χ3v) is 5.20. The molecule has 3 aromatic rings. The van der Waals surface area contributed by atoms with E-state index in [-0.39, 0.29) is 16.6 Å². The molecule has 0 saturated heterocycles. The van der Waals surface area contributed by atoms with Gasteiger partial charge in [-0.2, -0.15) is 5.26 Å². The second-order valence-electron chi connectivity index (χ2n) is 7.29. The molecule has 7 nitrogen and oxygen atoms in total. The van der Waals surface area contributed by atoms with Crippen LogP contribution >= 0.6 is 11.6 Å². The van der Waals surface area contributed by atoms with Crippen LogP contribution in [0.1, 0.15) is 28.5 Å². The molecule has 0 spiro atoms. The smallest absolute Gasteiger partial charge is 0.256 e. The fourth-order valence-corrected chi connectivity index (χ4v) is 3.46. The summed E-state index contributed by atoms with van der Waals surface area (Å²) in [6, 6.07) is 13.3. The van der Waals surface area contributed by atoms with Gasteiger partial charge in [0, 0.05) is 31.4 Å². The molecule has 0 aliphatic carbocycles. The number of carbonyl (C=O) groups is 2. The molecule has 0 radical (unpaired) electrons. The van der Waals surface area contributed by atoms with Gasteiger partial charge in [0.1, 0.15) is 11.8 Å². The highest BCUT2D eigenvalue weighted by atomic mass is 35.5. The maximum Gasteiger partial charge on any atom is 0.256 e. The van der Waals surface area contributed by atoms with Gasteiger partial charge < -0.3 is 10.2 Å². The van der Waals surface area contributed by atoms with Gasteiger partial charge in [0.2, 0.25) is 5.91 Å². The Morgan fingerprint density at radius 1 is 1.15 bits per heavy atom. The van der Waals surface area contributed by atoms with Gasteiger partial charge in [-0.05, 0) is 42.3 Å². The Balaban J connectivity index is 1.64. The zero-order valence-electron chi connectivity index (χ0n) is 18.1. The van der Waals surface area contributed by atoms with Crippen molar-refractivity contribution in [3.05, 3.63) is 76.7 Å². The first-order chi connectivity index (χ1) is 16.3. The number of aromatic nitrogens is 2. The summed E-state index contributed by atoms with van der Waals surface area (Å²) in [6.07, 6.45) is 0.888. The molecule has 1 N–H and O–H groups in total. The van der Waals surface area contributed by atoms with Crippen LogP contribution in [-0.4, -0.2) is 41.3 Å². The number of hydrogen-bond acceptors (Lipinski definition) is 5. The molecule has 2 heterocycles. The fraction of sp³-hybridized carbons (Fsp3) is 0.208. The van der Waals surface area contributed by atoms with Gasteiger partial charge in [-0.3, -0.25) is 14.6 Å². The van der Waals surface area contributed by atoms with Crippen LogP contribution in [0, 0.1) is 11.3 Å². The second kappa shape index (κ2) is 11.3. The van der Waals surface area contributed by atoms with Crippen molar-refractivity contribution in [1.29, 1.82) is 5.26 Å². The first-order valence-electron chi connectivity index (χ1n) is 10.2. The predicted molar refractivity (Wildman–Crippen MR) is 124 cm³/mol. The van der Waals surface area contributed by atoms with Crippen molar-refractivity contribution in [3.63, 3.8) is 0 Å². The molecule has 2 amide bonds. The van der Waals surface area contributed by atoms with Crippen molar-refractivity contribution in [2.75, 3.05) is 18.0 Å². The maximum absolute atomic E-state index is 12.8. The number of alkyl halides is 2. The third kappa shape index (κ3) is 6.33. The van der Waals surface area contributed by atoms with E-state index < -0.39 is 18.9 Å². The van der Waals surface area contributed by atoms with E-state index in [2.05, 4.69) is 15.3 Å². The summed E-state index contributed by atoms with van der Waals surface area (Å²) in [5.74, 6) is -0.836. The lowest BCUT2D eigenvalue weighted by Crippen LogP contribution is -2.33. The number of carbonyl (C=O) groups excluding carboxylic acids is 2. The molecule has 10 heteroatoms. The predicted octanol–water partition coefficient (Wildman–Crippen LogP) is 4.26. The molecular formula is C24H20ClF2N5O2. The Hall–Kier alpha value is -3.90. The molecule has 0 saturated carbocycles. The number of halogens is 3. The molecule has 1 aromatic carbocycles. The molecule has 0 bridgehead atoms. The number of hydrogen-bond donors (Lipinski definition) is 1. The van der Waals surface area contributed by atoms with Gasteiger partial charge in [-0.1, -0.05) is 23.7 Å². The Bertz CT molecular complexity index is 1210. The van der Waals surface area contributed by atoms with Gasteiger partial charge in [-0.15, -0.1) is 0 Å². The number of rotatable bonds is 8. The van der Waals surface area contributed by atoms with E-state index in [1.54, 1.807) is 36.5 Å². The number of nitriles is 1. The minimum absolute atomic E-state index is 0.134. The van der Waals surface area contributed by atoms with Crippen molar-refractivity contribution in [2.45, 2.75) is 19.8 Å². The highest BCUT2D eigenvalue weighted by Crippen LogP contribution is 2.31. The van der Waals surface area contributed by atoms with Crippen LogP contribution < -0.4 is 10.2 Å². The maximum atomic E-state index is 12.8. The van der Waals surface area contributed by atoms with E-state index in [1.165, 1.54) is 25.3 Å². The Morgan fingerprint density at radius 2 is 1.94 bits per heavy atom. The largest absolute Gasteiger partial charge is 0.352 e. The molecule has 34 heavy (non-hydrogen) atoms. The molecule has 0 aliphatic heterocycles. The highest BCUT2D eigenvalue weighted by Gasteiger charge is 2.20. The Morgan fingerprint density at radius 3 is 2.50 bits per heavy atom. The molecule has 0 aliphatic rings. The molecule has 0 fully saturated rings. The Labute approximate surface area is 200 Å². The van der Waals surface area contributed by atoms with Gasteiger partial charge in [0.25, 0.3) is 12.3 Å². The van der Waals surface area contributed by atoms with Crippen LogP contribution in [0.2, 0.25) is 5.02 Å². The summed E-state index contributed by atoms with van der Waals surface area (Å²) in [5.41, 5.74) is 2.91. The molecule has 174 valence electrons. The summed E-state index contributed by atoms with van der Waals surface area (Å²) in [5, 5.41) is 11.7. The van der Waals surface area contributed by atoms with Crippen molar-refractivity contribution < 1.29 is 18.4 Å². The summed E-state index contributed by atoms with van der Waals surface area (Å²) in [4.78, 5) is 33.3. The fourth-order valence-electron chi connectivity index (χ4n) is 3.18. The molecule has 0 unspecified atom stereocenters. The van der Waals surface area contributed by atoms with Crippen LogP contribution in [0.25, 0.3) is 11.3 Å². The van der Waals surface area contributed by atoms with Crippen molar-refractivity contribution >= 4 is 29.1 Å². The third-order valence-electron chi connectivity index (χ3n) is 4.90. The van der Waals surface area contributed by atoms with Gasteiger partial charge >= 0.3 is 0 Å². The topological polar surface area (TPSA) is 99.0 Å².